The van der Waals surface area contributed by atoms with Gasteiger partial charge in [-0.05, 0) is 53.2 Å². The summed E-state index contributed by atoms with van der Waals surface area (Å²) in [7, 11) is 0. The van der Waals surface area contributed by atoms with Crippen LogP contribution in [0.2, 0.25) is 0 Å². The molecular weight excluding hydrogens is 693 g/mol. The van der Waals surface area contributed by atoms with E-state index < -0.39 is 0 Å². The Morgan fingerprint density at radius 2 is 1.09 bits per heavy atom. The zero-order chi connectivity index (χ0) is 36.0. The molecule has 0 atom stereocenters. The molecule has 0 aliphatic carbocycles. The van der Waals surface area contributed by atoms with E-state index in [-0.39, 0.29) is 0 Å². The molecule has 0 spiro atoms. The smallest absolute Gasteiger partial charge is 0.166 e. The molecule has 0 fully saturated rings. The van der Waals surface area contributed by atoms with E-state index in [1.54, 1.807) is 11.3 Å². The van der Waals surface area contributed by atoms with Crippen LogP contribution in [-0.4, -0.2) is 19.5 Å². The van der Waals surface area contributed by atoms with E-state index in [0.717, 1.165) is 60.7 Å². The minimum Gasteiger partial charge on any atom is -0.456 e. The molecule has 0 N–H and O–H groups in total. The molecule has 8 aromatic carbocycles. The topological polar surface area (TPSA) is 56.7 Å². The van der Waals surface area contributed by atoms with Crippen LogP contribution < -0.4 is 0 Å². The van der Waals surface area contributed by atoms with Gasteiger partial charge in [-0.25, -0.2) is 15.0 Å². The van der Waals surface area contributed by atoms with Crippen LogP contribution in [0, 0.1) is 0 Å². The van der Waals surface area contributed by atoms with Crippen molar-refractivity contribution in [3.63, 3.8) is 0 Å². The molecule has 0 saturated heterocycles. The number of furan rings is 1. The second-order valence-corrected chi connectivity index (χ2v) is 15.1. The number of nitrogens with zero attached hydrogens (tertiary/aromatic N) is 4. The van der Waals surface area contributed by atoms with Crippen molar-refractivity contribution in [3.8, 4) is 39.9 Å². The molecule has 0 amide bonds. The van der Waals surface area contributed by atoms with E-state index in [1.807, 2.05) is 30.3 Å². The number of para-hydroxylation sites is 2. The van der Waals surface area contributed by atoms with Crippen molar-refractivity contribution >= 4 is 86.0 Å². The van der Waals surface area contributed by atoms with Crippen molar-refractivity contribution in [1.82, 2.24) is 19.5 Å². The highest BCUT2D eigenvalue weighted by Crippen LogP contribution is 2.43. The van der Waals surface area contributed by atoms with Crippen molar-refractivity contribution in [1.29, 1.82) is 0 Å². The Bertz CT molecular complexity index is 3500. The summed E-state index contributed by atoms with van der Waals surface area (Å²) in [4.78, 5) is 16.0. The highest BCUT2D eigenvalue weighted by molar-refractivity contribution is 7.25. The van der Waals surface area contributed by atoms with Gasteiger partial charge in [0.2, 0.25) is 0 Å². The fourth-order valence-electron chi connectivity index (χ4n) is 8.33. The van der Waals surface area contributed by atoms with Crippen molar-refractivity contribution in [2.75, 3.05) is 0 Å². The highest BCUT2D eigenvalue weighted by atomic mass is 32.1. The van der Waals surface area contributed by atoms with Crippen LogP contribution in [0.1, 0.15) is 0 Å². The van der Waals surface area contributed by atoms with Gasteiger partial charge in [-0.15, -0.1) is 11.3 Å². The largest absolute Gasteiger partial charge is 0.456 e. The summed E-state index contributed by atoms with van der Waals surface area (Å²) in [5, 5.41) is 9.15. The first-order valence-corrected chi connectivity index (χ1v) is 19.2. The number of hydrogen-bond acceptors (Lipinski definition) is 5. The van der Waals surface area contributed by atoms with Gasteiger partial charge in [0.05, 0.1) is 16.7 Å². The number of benzene rings is 8. The van der Waals surface area contributed by atoms with Crippen LogP contribution in [0.15, 0.2) is 174 Å². The van der Waals surface area contributed by atoms with Gasteiger partial charge in [0.25, 0.3) is 0 Å². The van der Waals surface area contributed by atoms with Gasteiger partial charge in [-0.2, -0.15) is 0 Å². The summed E-state index contributed by atoms with van der Waals surface area (Å²) in [6, 6.07) is 59.6. The summed E-state index contributed by atoms with van der Waals surface area (Å²) >= 11 is 1.79. The molecule has 12 aromatic rings. The van der Waals surface area contributed by atoms with Crippen LogP contribution in [0.5, 0.6) is 0 Å². The van der Waals surface area contributed by atoms with Crippen molar-refractivity contribution in [2.45, 2.75) is 0 Å². The third-order valence-corrected chi connectivity index (χ3v) is 12.0. The molecule has 6 heteroatoms. The first-order chi connectivity index (χ1) is 27.2. The predicted molar refractivity (Wildman–Crippen MR) is 228 cm³/mol. The van der Waals surface area contributed by atoms with Crippen LogP contribution >= 0.6 is 11.3 Å². The number of thiophene rings is 1. The zero-order valence-corrected chi connectivity index (χ0v) is 30.1. The first kappa shape index (κ1) is 30.3. The van der Waals surface area contributed by atoms with Crippen molar-refractivity contribution < 1.29 is 4.42 Å². The molecule has 0 aliphatic heterocycles. The average molecular weight is 721 g/mol. The lowest BCUT2D eigenvalue weighted by atomic mass is 10.0. The third kappa shape index (κ3) is 4.62. The summed E-state index contributed by atoms with van der Waals surface area (Å²) in [5.41, 5.74) is 7.57. The molecule has 0 aliphatic rings. The first-order valence-electron chi connectivity index (χ1n) is 18.4. The van der Waals surface area contributed by atoms with Crippen molar-refractivity contribution in [3.05, 3.63) is 170 Å². The van der Waals surface area contributed by atoms with E-state index in [9.17, 15) is 0 Å². The summed E-state index contributed by atoms with van der Waals surface area (Å²) in [6.07, 6.45) is 0. The monoisotopic (exact) mass is 720 g/mol. The lowest BCUT2D eigenvalue weighted by molar-refractivity contribution is 0.668. The Kier molecular flexibility index (Phi) is 6.44. The number of fused-ring (bicyclic) bond motifs is 10. The molecule has 12 rings (SSSR count). The molecular formula is C49H28N4OS. The molecule has 55 heavy (non-hydrogen) atoms. The summed E-state index contributed by atoms with van der Waals surface area (Å²) in [5.74, 6) is 1.84. The average Bonchev–Trinajstić information content (AvgIpc) is 3.91. The van der Waals surface area contributed by atoms with Crippen LogP contribution in [0.3, 0.4) is 0 Å². The van der Waals surface area contributed by atoms with Gasteiger partial charge in [-0.1, -0.05) is 121 Å². The minimum absolute atomic E-state index is 0.592. The molecule has 5 nitrogen and oxygen atoms in total. The Hall–Kier alpha value is -7.15. The van der Waals surface area contributed by atoms with E-state index in [0.29, 0.717) is 17.5 Å². The SMILES string of the molecule is c1ccc(-c2nc(-c3cc4c(cc3-n3c5ccccc5c5cc6ccccc6cc53)oc3ccccc34)nc(-c3cccc4sc5ccccc5c34)n2)cc1. The molecule has 4 heterocycles. The lowest BCUT2D eigenvalue weighted by Gasteiger charge is -2.15. The van der Waals surface area contributed by atoms with Crippen LogP contribution in [0.25, 0.3) is 115 Å². The summed E-state index contributed by atoms with van der Waals surface area (Å²) < 4.78 is 11.4. The Labute approximate surface area is 318 Å². The zero-order valence-electron chi connectivity index (χ0n) is 29.3. The Balaban J connectivity index is 1.22. The summed E-state index contributed by atoms with van der Waals surface area (Å²) in [6.45, 7) is 0. The maximum absolute atomic E-state index is 6.58. The van der Waals surface area contributed by atoms with E-state index >= 15 is 0 Å². The van der Waals surface area contributed by atoms with Gasteiger partial charge in [0.1, 0.15) is 11.2 Å². The molecule has 256 valence electrons. The quantitative estimate of drug-likeness (QED) is 0.182. The standard InChI is InChI=1S/C49H28N4OS/c1-2-13-29(14-3-1)47-50-48(35-20-12-24-45-46(35)34-19-8-11-23-44(34)55-45)52-49(51-47)38-27-37-33-18-7-10-22-42(33)54-43(37)28-41(38)53-39-21-9-6-17-32(39)36-25-30-15-4-5-16-31(30)26-40(36)53/h1-28H. The second kappa shape index (κ2) is 11.7. The molecule has 0 unspecified atom stereocenters. The van der Waals surface area contributed by atoms with E-state index in [1.165, 1.54) is 36.3 Å². The van der Waals surface area contributed by atoms with Crippen LogP contribution in [-0.2, 0) is 0 Å². The second-order valence-electron chi connectivity index (χ2n) is 14.0. The molecule has 4 aromatic heterocycles. The van der Waals surface area contributed by atoms with Crippen LogP contribution in [0.4, 0.5) is 0 Å². The van der Waals surface area contributed by atoms with E-state index in [4.69, 9.17) is 19.4 Å². The predicted octanol–water partition coefficient (Wildman–Crippen LogP) is 13.4. The van der Waals surface area contributed by atoms with Gasteiger partial charge >= 0.3 is 0 Å². The Morgan fingerprint density at radius 3 is 1.96 bits per heavy atom. The van der Waals surface area contributed by atoms with E-state index in [2.05, 4.69) is 144 Å². The number of aromatic nitrogens is 4. The van der Waals surface area contributed by atoms with Gasteiger partial charge in [0.15, 0.2) is 17.5 Å². The third-order valence-electron chi connectivity index (χ3n) is 10.8. The minimum atomic E-state index is 0.592. The van der Waals surface area contributed by atoms with Gasteiger partial charge in [-0.3, -0.25) is 0 Å². The Morgan fingerprint density at radius 1 is 0.418 bits per heavy atom. The maximum Gasteiger partial charge on any atom is 0.166 e. The molecule has 0 saturated carbocycles. The lowest BCUT2D eigenvalue weighted by Crippen LogP contribution is -2.04. The number of rotatable bonds is 4. The van der Waals surface area contributed by atoms with Crippen molar-refractivity contribution in [2.24, 2.45) is 0 Å². The fraction of sp³-hybridized carbons (Fsp3) is 0. The molecule has 0 radical (unpaired) electrons. The maximum atomic E-state index is 6.58. The highest BCUT2D eigenvalue weighted by Gasteiger charge is 2.23. The van der Waals surface area contributed by atoms with Gasteiger partial charge < -0.3 is 8.98 Å². The normalized spacial score (nSPS) is 12.0. The molecule has 0 bridgehead atoms. The fourth-order valence-corrected chi connectivity index (χ4v) is 9.47. The number of hydrogen-bond donors (Lipinski definition) is 0. The van der Waals surface area contributed by atoms with Gasteiger partial charge in [0, 0.05) is 64.5 Å².